The number of hydrogen-bond donors (Lipinski definition) is 2. The van der Waals surface area contributed by atoms with E-state index in [1.54, 1.807) is 19.2 Å². The molecule has 0 aliphatic carbocycles. The van der Waals surface area contributed by atoms with Gasteiger partial charge in [0.25, 0.3) is 5.91 Å². The largest absolute Gasteiger partial charge is 0.497 e. The summed E-state index contributed by atoms with van der Waals surface area (Å²) >= 11 is 2.14. The summed E-state index contributed by atoms with van der Waals surface area (Å²) in [6, 6.07) is 5.44. The highest BCUT2D eigenvalue weighted by molar-refractivity contribution is 14.1. The summed E-state index contributed by atoms with van der Waals surface area (Å²) in [4.78, 5) is 11.9. The van der Waals surface area contributed by atoms with E-state index in [0.29, 0.717) is 12.1 Å². The zero-order valence-corrected chi connectivity index (χ0v) is 12.9. The molecule has 0 radical (unpaired) electrons. The van der Waals surface area contributed by atoms with Crippen LogP contribution >= 0.6 is 22.6 Å². The monoisotopic (exact) mass is 362 g/mol. The fourth-order valence-corrected chi connectivity index (χ4v) is 2.20. The van der Waals surface area contributed by atoms with Crippen LogP contribution in [0.5, 0.6) is 5.75 Å². The minimum atomic E-state index is -0.0413. The molecule has 0 aliphatic heterocycles. The molecule has 0 heterocycles. The fourth-order valence-electron chi connectivity index (χ4n) is 1.47. The van der Waals surface area contributed by atoms with Gasteiger partial charge in [0.1, 0.15) is 5.75 Å². The maximum absolute atomic E-state index is 11.9. The Labute approximate surface area is 122 Å². The number of hydrogen-bond acceptors (Lipinski definition) is 3. The molecule has 0 bridgehead atoms. The molecule has 1 aromatic rings. The maximum atomic E-state index is 11.9. The van der Waals surface area contributed by atoms with Crippen molar-refractivity contribution in [3.63, 3.8) is 0 Å². The van der Waals surface area contributed by atoms with Crippen molar-refractivity contribution in [2.45, 2.75) is 13.3 Å². The third-order valence-electron chi connectivity index (χ3n) is 2.43. The first-order valence-corrected chi connectivity index (χ1v) is 7.09. The highest BCUT2D eigenvalue weighted by Crippen LogP contribution is 2.19. The third-order valence-corrected chi connectivity index (χ3v) is 3.33. The van der Waals surface area contributed by atoms with Gasteiger partial charge < -0.3 is 15.4 Å². The van der Waals surface area contributed by atoms with E-state index in [4.69, 9.17) is 4.74 Å². The molecule has 5 heteroatoms. The zero-order chi connectivity index (χ0) is 13.4. The van der Waals surface area contributed by atoms with Crippen molar-refractivity contribution in [1.82, 2.24) is 10.6 Å². The Balaban J connectivity index is 2.46. The number of carbonyl (C=O) groups excluding carboxylic acids is 1. The first kappa shape index (κ1) is 15.2. The minimum absolute atomic E-state index is 0.0413. The van der Waals surface area contributed by atoms with E-state index < -0.39 is 0 Å². The van der Waals surface area contributed by atoms with Crippen LogP contribution in [0.15, 0.2) is 18.2 Å². The summed E-state index contributed by atoms with van der Waals surface area (Å²) in [5.74, 6) is 0.723. The van der Waals surface area contributed by atoms with Crippen molar-refractivity contribution >= 4 is 28.5 Å². The summed E-state index contributed by atoms with van der Waals surface area (Å²) in [7, 11) is 1.62. The van der Waals surface area contributed by atoms with Crippen molar-refractivity contribution in [2.75, 3.05) is 26.7 Å². The molecule has 0 saturated carbocycles. The molecule has 0 spiro atoms. The van der Waals surface area contributed by atoms with Crippen LogP contribution in [0.25, 0.3) is 0 Å². The molecule has 4 nitrogen and oxygen atoms in total. The molecule has 1 rings (SSSR count). The molecule has 0 aromatic heterocycles. The van der Waals surface area contributed by atoms with Gasteiger partial charge in [0.15, 0.2) is 0 Å². The lowest BCUT2D eigenvalue weighted by Crippen LogP contribution is -2.32. The lowest BCUT2D eigenvalue weighted by atomic mass is 10.2. The lowest BCUT2D eigenvalue weighted by Gasteiger charge is -2.08. The summed E-state index contributed by atoms with van der Waals surface area (Å²) in [5.41, 5.74) is 0.687. The van der Waals surface area contributed by atoms with Crippen molar-refractivity contribution in [3.8, 4) is 5.75 Å². The molecule has 0 atom stereocenters. The molecule has 0 aliphatic rings. The van der Waals surface area contributed by atoms with Crippen LogP contribution in [0.3, 0.4) is 0 Å². The summed E-state index contributed by atoms with van der Waals surface area (Å²) in [6.07, 6.45) is 1.10. The van der Waals surface area contributed by atoms with Gasteiger partial charge in [-0.2, -0.15) is 0 Å². The van der Waals surface area contributed by atoms with Gasteiger partial charge in [-0.25, -0.2) is 0 Å². The SMILES string of the molecule is CCCNCCNC(=O)c1ccc(OC)cc1I. The molecule has 1 aromatic carbocycles. The quantitative estimate of drug-likeness (QED) is 0.577. The Morgan fingerprint density at radius 3 is 2.72 bits per heavy atom. The molecule has 100 valence electrons. The molecule has 2 N–H and O–H groups in total. The molecule has 0 unspecified atom stereocenters. The molecule has 18 heavy (non-hydrogen) atoms. The fraction of sp³-hybridized carbons (Fsp3) is 0.462. The number of nitrogens with one attached hydrogen (secondary N) is 2. The Morgan fingerprint density at radius 2 is 2.11 bits per heavy atom. The number of benzene rings is 1. The molecule has 0 fully saturated rings. The predicted molar refractivity (Wildman–Crippen MR) is 81.2 cm³/mol. The predicted octanol–water partition coefficient (Wildman–Crippen LogP) is 2.03. The van der Waals surface area contributed by atoms with E-state index in [1.807, 2.05) is 6.07 Å². The van der Waals surface area contributed by atoms with Gasteiger partial charge in [0.05, 0.1) is 12.7 Å². The normalized spacial score (nSPS) is 10.2. The number of rotatable bonds is 7. The lowest BCUT2D eigenvalue weighted by molar-refractivity contribution is 0.0953. The van der Waals surface area contributed by atoms with Crippen LogP contribution in [-0.4, -0.2) is 32.7 Å². The van der Waals surface area contributed by atoms with Crippen LogP contribution in [-0.2, 0) is 0 Å². The van der Waals surface area contributed by atoms with Crippen molar-refractivity contribution in [3.05, 3.63) is 27.3 Å². The molecule has 1 amide bonds. The van der Waals surface area contributed by atoms with Crippen LogP contribution < -0.4 is 15.4 Å². The van der Waals surface area contributed by atoms with E-state index in [1.165, 1.54) is 0 Å². The van der Waals surface area contributed by atoms with Gasteiger partial charge >= 0.3 is 0 Å². The highest BCUT2D eigenvalue weighted by Gasteiger charge is 2.09. The number of carbonyl (C=O) groups is 1. The van der Waals surface area contributed by atoms with E-state index in [-0.39, 0.29) is 5.91 Å². The first-order valence-electron chi connectivity index (χ1n) is 6.01. The Morgan fingerprint density at radius 1 is 1.33 bits per heavy atom. The average Bonchev–Trinajstić information content (AvgIpc) is 2.38. The van der Waals surface area contributed by atoms with Gasteiger partial charge in [-0.05, 0) is 53.8 Å². The number of methoxy groups -OCH3 is 1. The van der Waals surface area contributed by atoms with Crippen LogP contribution in [0.2, 0.25) is 0 Å². The van der Waals surface area contributed by atoms with Gasteiger partial charge in [0.2, 0.25) is 0 Å². The van der Waals surface area contributed by atoms with Gasteiger partial charge in [-0.3, -0.25) is 4.79 Å². The average molecular weight is 362 g/mol. The Kier molecular flexibility index (Phi) is 7.04. The van der Waals surface area contributed by atoms with Crippen LogP contribution in [0.4, 0.5) is 0 Å². The van der Waals surface area contributed by atoms with E-state index in [2.05, 4.69) is 40.1 Å². The third kappa shape index (κ3) is 4.81. The van der Waals surface area contributed by atoms with Gasteiger partial charge in [0, 0.05) is 16.7 Å². The molecular formula is C13H19IN2O2. The van der Waals surface area contributed by atoms with Crippen LogP contribution in [0.1, 0.15) is 23.7 Å². The summed E-state index contributed by atoms with van der Waals surface area (Å²) in [6.45, 7) is 4.54. The van der Waals surface area contributed by atoms with Crippen LogP contribution in [0, 0.1) is 3.57 Å². The summed E-state index contributed by atoms with van der Waals surface area (Å²) in [5, 5.41) is 6.13. The van der Waals surface area contributed by atoms with E-state index >= 15 is 0 Å². The van der Waals surface area contributed by atoms with Crippen molar-refractivity contribution in [2.24, 2.45) is 0 Å². The van der Waals surface area contributed by atoms with Gasteiger partial charge in [-0.15, -0.1) is 0 Å². The number of ether oxygens (including phenoxy) is 1. The number of amides is 1. The second kappa shape index (κ2) is 8.31. The molecule has 0 saturated heterocycles. The first-order chi connectivity index (χ1) is 8.69. The number of halogens is 1. The van der Waals surface area contributed by atoms with E-state index in [0.717, 1.165) is 28.8 Å². The second-order valence-electron chi connectivity index (χ2n) is 3.85. The minimum Gasteiger partial charge on any atom is -0.497 e. The Hall–Kier alpha value is -0.820. The second-order valence-corrected chi connectivity index (χ2v) is 5.01. The zero-order valence-electron chi connectivity index (χ0n) is 10.8. The van der Waals surface area contributed by atoms with Crippen molar-refractivity contribution < 1.29 is 9.53 Å². The highest BCUT2D eigenvalue weighted by atomic mass is 127. The maximum Gasteiger partial charge on any atom is 0.252 e. The Bertz CT molecular complexity index is 397. The standard InChI is InChI=1S/C13H19IN2O2/c1-3-6-15-7-8-16-13(17)11-5-4-10(18-2)9-12(11)14/h4-5,9,15H,3,6-8H2,1-2H3,(H,16,17). The topological polar surface area (TPSA) is 50.4 Å². The van der Waals surface area contributed by atoms with Crippen molar-refractivity contribution in [1.29, 1.82) is 0 Å². The van der Waals surface area contributed by atoms with Gasteiger partial charge in [-0.1, -0.05) is 6.92 Å². The van der Waals surface area contributed by atoms with E-state index in [9.17, 15) is 4.79 Å². The molecular weight excluding hydrogens is 343 g/mol. The smallest absolute Gasteiger partial charge is 0.252 e. The summed E-state index contributed by atoms with van der Waals surface area (Å²) < 4.78 is 6.00.